The zero-order valence-corrected chi connectivity index (χ0v) is 22.2. The Hall–Kier alpha value is -2.34. The van der Waals surface area contributed by atoms with Gasteiger partial charge in [-0.3, -0.25) is 9.59 Å². The number of carbonyl (C=O) groups excluding carboxylic acids is 2. The van der Waals surface area contributed by atoms with E-state index in [1.807, 2.05) is 70.2 Å². The number of aryl methyl sites for hydroxylation is 1. The minimum Gasteiger partial charge on any atom is -0.483 e. The molecule has 0 heterocycles. The van der Waals surface area contributed by atoms with Crippen LogP contribution in [0.15, 0.2) is 46.9 Å². The Morgan fingerprint density at radius 3 is 2.27 bits per heavy atom. The van der Waals surface area contributed by atoms with E-state index in [-0.39, 0.29) is 18.4 Å². The summed E-state index contributed by atoms with van der Waals surface area (Å²) in [5, 5.41) is 2.98. The summed E-state index contributed by atoms with van der Waals surface area (Å²) in [4.78, 5) is 27.9. The summed E-state index contributed by atoms with van der Waals surface area (Å²) in [5.41, 5.74) is 3.32. The zero-order valence-electron chi connectivity index (χ0n) is 20.7. The lowest BCUT2D eigenvalue weighted by Gasteiger charge is -2.31. The predicted molar refractivity (Wildman–Crippen MR) is 137 cm³/mol. The first-order chi connectivity index (χ1) is 15.6. The van der Waals surface area contributed by atoms with Gasteiger partial charge in [-0.2, -0.15) is 0 Å². The number of carbonyl (C=O) groups is 2. The Bertz CT molecular complexity index is 925. The van der Waals surface area contributed by atoms with Crippen molar-refractivity contribution < 1.29 is 14.3 Å². The maximum Gasteiger partial charge on any atom is 0.261 e. The molecule has 0 saturated carbocycles. The molecule has 0 aliphatic carbocycles. The van der Waals surface area contributed by atoms with Crippen LogP contribution in [0.2, 0.25) is 0 Å². The average molecular weight is 518 g/mol. The number of halogens is 1. The first-order valence-corrected chi connectivity index (χ1v) is 12.5. The number of benzene rings is 2. The van der Waals surface area contributed by atoms with Crippen LogP contribution < -0.4 is 10.1 Å². The third-order valence-corrected chi connectivity index (χ3v) is 6.14. The molecule has 1 N–H and O–H groups in total. The second-order valence-electron chi connectivity index (χ2n) is 9.20. The van der Waals surface area contributed by atoms with E-state index in [2.05, 4.69) is 35.1 Å². The van der Waals surface area contributed by atoms with E-state index in [4.69, 9.17) is 4.74 Å². The van der Waals surface area contributed by atoms with Crippen LogP contribution >= 0.6 is 15.9 Å². The van der Waals surface area contributed by atoms with E-state index in [0.29, 0.717) is 37.1 Å². The van der Waals surface area contributed by atoms with Crippen LogP contribution in [0.5, 0.6) is 5.75 Å². The van der Waals surface area contributed by atoms with Gasteiger partial charge in [0.05, 0.1) is 4.47 Å². The molecule has 2 amide bonds. The molecule has 0 saturated heterocycles. The molecule has 0 spiro atoms. The molecule has 2 rings (SSSR count). The smallest absolute Gasteiger partial charge is 0.261 e. The number of hydrogen-bond acceptors (Lipinski definition) is 3. The Morgan fingerprint density at radius 2 is 1.73 bits per heavy atom. The number of rotatable bonds is 11. The third kappa shape index (κ3) is 8.18. The molecule has 0 aliphatic rings. The molecule has 180 valence electrons. The summed E-state index contributed by atoms with van der Waals surface area (Å²) < 4.78 is 6.69. The fourth-order valence-corrected chi connectivity index (χ4v) is 3.96. The molecular weight excluding hydrogens is 480 g/mol. The van der Waals surface area contributed by atoms with E-state index in [1.54, 1.807) is 4.90 Å². The second kappa shape index (κ2) is 12.8. The third-order valence-electron chi connectivity index (χ3n) is 5.52. The fraction of sp³-hybridized carbons (Fsp3) is 0.481. The van der Waals surface area contributed by atoms with Gasteiger partial charge in [0.15, 0.2) is 6.61 Å². The molecule has 2 aromatic carbocycles. The molecular formula is C27H37BrN2O3. The van der Waals surface area contributed by atoms with E-state index >= 15 is 0 Å². The van der Waals surface area contributed by atoms with Gasteiger partial charge in [-0.25, -0.2) is 0 Å². The van der Waals surface area contributed by atoms with Crippen molar-refractivity contribution in [3.05, 3.63) is 63.6 Å². The molecule has 5 nitrogen and oxygen atoms in total. The number of nitrogens with one attached hydrogen (secondary N) is 1. The van der Waals surface area contributed by atoms with Gasteiger partial charge in [0.25, 0.3) is 5.91 Å². The summed E-state index contributed by atoms with van der Waals surface area (Å²) in [6.07, 6.45) is 0.522. The monoisotopic (exact) mass is 516 g/mol. The van der Waals surface area contributed by atoms with Crippen molar-refractivity contribution in [3.63, 3.8) is 0 Å². The van der Waals surface area contributed by atoms with Gasteiger partial charge >= 0.3 is 0 Å². The molecule has 0 radical (unpaired) electrons. The second-order valence-corrected chi connectivity index (χ2v) is 10.1. The van der Waals surface area contributed by atoms with Gasteiger partial charge in [0.2, 0.25) is 5.91 Å². The Kier molecular flexibility index (Phi) is 10.4. The molecule has 0 aliphatic heterocycles. The van der Waals surface area contributed by atoms with Crippen LogP contribution in [0.1, 0.15) is 63.6 Å². The number of nitrogens with zero attached hydrogens (tertiary/aromatic N) is 1. The lowest BCUT2D eigenvalue weighted by molar-refractivity contribution is -0.143. The van der Waals surface area contributed by atoms with Gasteiger partial charge in [-0.15, -0.1) is 0 Å². The van der Waals surface area contributed by atoms with Crippen LogP contribution in [-0.2, 0) is 16.1 Å². The first-order valence-electron chi connectivity index (χ1n) is 11.7. The summed E-state index contributed by atoms with van der Waals surface area (Å²) in [6, 6.07) is 13.4. The minimum absolute atomic E-state index is 0.130. The van der Waals surface area contributed by atoms with Gasteiger partial charge in [-0.1, -0.05) is 70.5 Å². The molecule has 1 unspecified atom stereocenters. The van der Waals surface area contributed by atoms with Gasteiger partial charge in [0.1, 0.15) is 11.8 Å². The number of hydrogen-bond donors (Lipinski definition) is 1. The van der Waals surface area contributed by atoms with Gasteiger partial charge in [-0.05, 0) is 64.4 Å². The minimum atomic E-state index is -0.562. The van der Waals surface area contributed by atoms with Gasteiger partial charge in [0, 0.05) is 13.1 Å². The first kappa shape index (κ1) is 26.9. The molecule has 33 heavy (non-hydrogen) atoms. The Morgan fingerprint density at radius 1 is 1.06 bits per heavy atom. The van der Waals surface area contributed by atoms with Crippen molar-refractivity contribution >= 4 is 27.7 Å². The van der Waals surface area contributed by atoms with Crippen molar-refractivity contribution in [3.8, 4) is 5.75 Å². The standard InChI is InChI=1S/C27H37BrN2O3/c1-7-24(27(32)29-15-18(2)3)30(16-21-10-8-20(6)9-11-21)26(31)17-33-25-13-12-22(19(4)5)14-23(25)28/h8-14,18-19,24H,7,15-17H2,1-6H3,(H,29,32). The SMILES string of the molecule is CCC(C(=O)NCC(C)C)N(Cc1ccc(C)cc1)C(=O)COc1ccc(C(C)C)cc1Br. The van der Waals surface area contributed by atoms with Crippen LogP contribution in [-0.4, -0.2) is 35.9 Å². The van der Waals surface area contributed by atoms with E-state index in [9.17, 15) is 9.59 Å². The maximum absolute atomic E-state index is 13.3. The van der Waals surface area contributed by atoms with Crippen LogP contribution in [0.3, 0.4) is 0 Å². The van der Waals surface area contributed by atoms with Crippen molar-refractivity contribution in [1.29, 1.82) is 0 Å². The van der Waals surface area contributed by atoms with Crippen molar-refractivity contribution in [2.45, 2.75) is 66.5 Å². The van der Waals surface area contributed by atoms with Crippen molar-refractivity contribution in [2.24, 2.45) is 5.92 Å². The highest BCUT2D eigenvalue weighted by Gasteiger charge is 2.29. The van der Waals surface area contributed by atoms with Gasteiger partial charge < -0.3 is 15.0 Å². The molecule has 1 atom stereocenters. The fourth-order valence-electron chi connectivity index (χ4n) is 3.45. The zero-order chi connectivity index (χ0) is 24.5. The average Bonchev–Trinajstić information content (AvgIpc) is 2.77. The lowest BCUT2D eigenvalue weighted by atomic mass is 10.0. The predicted octanol–water partition coefficient (Wildman–Crippen LogP) is 5.84. The van der Waals surface area contributed by atoms with Crippen LogP contribution in [0, 0.1) is 12.8 Å². The lowest BCUT2D eigenvalue weighted by Crippen LogP contribution is -2.50. The topological polar surface area (TPSA) is 58.6 Å². The van der Waals surface area contributed by atoms with E-state index in [1.165, 1.54) is 5.56 Å². The number of ether oxygens (including phenoxy) is 1. The molecule has 0 bridgehead atoms. The molecule has 0 fully saturated rings. The van der Waals surface area contributed by atoms with Crippen LogP contribution in [0.25, 0.3) is 0 Å². The largest absolute Gasteiger partial charge is 0.483 e. The van der Waals surface area contributed by atoms with E-state index in [0.717, 1.165) is 15.6 Å². The Balaban J connectivity index is 2.20. The number of amides is 2. The molecule has 2 aromatic rings. The summed E-state index contributed by atoms with van der Waals surface area (Å²) in [6.45, 7) is 13.1. The summed E-state index contributed by atoms with van der Waals surface area (Å²) in [5.74, 6) is 0.996. The summed E-state index contributed by atoms with van der Waals surface area (Å²) in [7, 11) is 0. The highest BCUT2D eigenvalue weighted by molar-refractivity contribution is 9.10. The maximum atomic E-state index is 13.3. The highest BCUT2D eigenvalue weighted by Crippen LogP contribution is 2.29. The Labute approximate surface area is 207 Å². The molecule has 0 aromatic heterocycles. The molecule has 6 heteroatoms. The normalized spacial score (nSPS) is 12.0. The van der Waals surface area contributed by atoms with Crippen molar-refractivity contribution in [2.75, 3.05) is 13.2 Å². The highest BCUT2D eigenvalue weighted by atomic mass is 79.9. The van der Waals surface area contributed by atoms with Crippen molar-refractivity contribution in [1.82, 2.24) is 10.2 Å². The quantitative estimate of drug-likeness (QED) is 0.408. The summed E-state index contributed by atoms with van der Waals surface area (Å²) >= 11 is 3.55. The van der Waals surface area contributed by atoms with E-state index < -0.39 is 6.04 Å². The van der Waals surface area contributed by atoms with Crippen LogP contribution in [0.4, 0.5) is 0 Å².